The molecule has 3 aromatic rings. The van der Waals surface area contributed by atoms with Gasteiger partial charge in [0.1, 0.15) is 0 Å². The molecule has 0 aromatic carbocycles. The van der Waals surface area contributed by atoms with E-state index >= 15 is 0 Å². The van der Waals surface area contributed by atoms with Crippen LogP contribution < -0.4 is 0 Å². The van der Waals surface area contributed by atoms with E-state index in [0.717, 1.165) is 29.5 Å². The molecule has 112 valence electrons. The highest BCUT2D eigenvalue weighted by atomic mass is 35.5. The predicted octanol–water partition coefficient (Wildman–Crippen LogP) is 3.67. The van der Waals surface area contributed by atoms with Gasteiger partial charge in [-0.2, -0.15) is 0 Å². The van der Waals surface area contributed by atoms with Crippen LogP contribution in [0.4, 0.5) is 0 Å². The second-order valence-electron chi connectivity index (χ2n) is 5.39. The molecule has 0 radical (unpaired) electrons. The molecule has 4 nitrogen and oxygen atoms in total. The Morgan fingerprint density at radius 3 is 3.09 bits per heavy atom. The molecule has 22 heavy (non-hydrogen) atoms. The Labute approximate surface area is 137 Å². The molecule has 0 bridgehead atoms. The first-order valence-corrected chi connectivity index (χ1v) is 8.41. The van der Waals surface area contributed by atoms with Crippen molar-refractivity contribution in [2.75, 3.05) is 6.54 Å². The second-order valence-corrected chi connectivity index (χ2v) is 7.14. The monoisotopic (exact) mass is 330 g/mol. The number of hydrogen-bond acceptors (Lipinski definition) is 4. The molecule has 0 fully saturated rings. The number of rotatable bonds is 3. The maximum Gasteiger partial charge on any atom is 0.0931 e. The van der Waals surface area contributed by atoms with E-state index in [9.17, 15) is 0 Å². The number of H-pyrrole nitrogens is 1. The number of aromatic nitrogens is 3. The lowest BCUT2D eigenvalue weighted by Gasteiger charge is -2.34. The molecular weight excluding hydrogens is 316 g/mol. The van der Waals surface area contributed by atoms with Crippen molar-refractivity contribution in [2.24, 2.45) is 0 Å². The van der Waals surface area contributed by atoms with E-state index in [4.69, 9.17) is 11.6 Å². The number of fused-ring (bicyclic) bond motifs is 1. The van der Waals surface area contributed by atoms with Gasteiger partial charge in [-0.1, -0.05) is 17.7 Å². The van der Waals surface area contributed by atoms with Crippen molar-refractivity contribution >= 4 is 22.9 Å². The fraction of sp³-hybridized carbons (Fsp3) is 0.250. The van der Waals surface area contributed by atoms with E-state index in [2.05, 4.69) is 32.0 Å². The van der Waals surface area contributed by atoms with E-state index < -0.39 is 0 Å². The van der Waals surface area contributed by atoms with Crippen LogP contribution in [0.25, 0.3) is 0 Å². The van der Waals surface area contributed by atoms with Crippen molar-refractivity contribution in [3.63, 3.8) is 0 Å². The van der Waals surface area contributed by atoms with Crippen molar-refractivity contribution in [3.05, 3.63) is 69.2 Å². The lowest BCUT2D eigenvalue weighted by Crippen LogP contribution is -2.35. The molecule has 1 N–H and O–H groups in total. The summed E-state index contributed by atoms with van der Waals surface area (Å²) in [4.78, 5) is 15.7. The highest BCUT2D eigenvalue weighted by molar-refractivity contribution is 7.16. The van der Waals surface area contributed by atoms with Crippen LogP contribution in [-0.2, 0) is 13.0 Å². The van der Waals surface area contributed by atoms with Gasteiger partial charge in [0.25, 0.3) is 0 Å². The molecule has 0 spiro atoms. The molecule has 6 heteroatoms. The number of aromatic amines is 1. The van der Waals surface area contributed by atoms with Gasteiger partial charge in [-0.25, -0.2) is 4.98 Å². The van der Waals surface area contributed by atoms with Crippen LogP contribution in [0.15, 0.2) is 43.0 Å². The zero-order valence-electron chi connectivity index (χ0n) is 11.9. The van der Waals surface area contributed by atoms with Gasteiger partial charge in [0.15, 0.2) is 0 Å². The SMILES string of the molecule is Clc1ccc([C@@H]2c3nc[nH]c3CCN2Cc2cccnc2)s1. The molecule has 1 atom stereocenters. The average molecular weight is 331 g/mol. The average Bonchev–Trinajstić information content (AvgIpc) is 3.17. The summed E-state index contributed by atoms with van der Waals surface area (Å²) in [6, 6.07) is 8.33. The molecule has 0 aliphatic carbocycles. The van der Waals surface area contributed by atoms with E-state index in [1.54, 1.807) is 17.7 Å². The van der Waals surface area contributed by atoms with Gasteiger partial charge >= 0.3 is 0 Å². The molecule has 1 aliphatic rings. The summed E-state index contributed by atoms with van der Waals surface area (Å²) in [6.45, 7) is 1.85. The fourth-order valence-corrected chi connectivity index (χ4v) is 4.21. The Hall–Kier alpha value is -1.69. The first-order chi connectivity index (χ1) is 10.8. The Bertz CT molecular complexity index is 767. The summed E-state index contributed by atoms with van der Waals surface area (Å²) >= 11 is 7.78. The number of hydrogen-bond donors (Lipinski definition) is 1. The minimum atomic E-state index is 0.160. The molecule has 0 saturated carbocycles. The maximum absolute atomic E-state index is 6.15. The van der Waals surface area contributed by atoms with E-state index in [1.165, 1.54) is 16.1 Å². The first kappa shape index (κ1) is 13.9. The van der Waals surface area contributed by atoms with Crippen LogP contribution in [-0.4, -0.2) is 26.4 Å². The lowest BCUT2D eigenvalue weighted by atomic mass is 10.0. The molecule has 1 aliphatic heterocycles. The number of imidazole rings is 1. The van der Waals surface area contributed by atoms with Gasteiger partial charge in [-0.05, 0) is 23.8 Å². The van der Waals surface area contributed by atoms with Crippen LogP contribution in [0.3, 0.4) is 0 Å². The molecule has 4 rings (SSSR count). The van der Waals surface area contributed by atoms with Gasteiger partial charge in [-0.15, -0.1) is 11.3 Å². The van der Waals surface area contributed by atoms with Crippen LogP contribution in [0.2, 0.25) is 4.34 Å². The number of nitrogens with zero attached hydrogens (tertiary/aromatic N) is 3. The minimum absolute atomic E-state index is 0.160. The highest BCUT2D eigenvalue weighted by Crippen LogP contribution is 2.38. The Morgan fingerprint density at radius 1 is 1.36 bits per heavy atom. The summed E-state index contributed by atoms with van der Waals surface area (Å²) in [5.41, 5.74) is 3.57. The van der Waals surface area contributed by atoms with Crippen molar-refractivity contribution in [1.82, 2.24) is 19.9 Å². The predicted molar refractivity (Wildman–Crippen MR) is 88.1 cm³/mol. The Balaban J connectivity index is 1.71. The minimum Gasteiger partial charge on any atom is -0.348 e. The summed E-state index contributed by atoms with van der Waals surface area (Å²) < 4.78 is 0.819. The molecule has 0 saturated heterocycles. The van der Waals surface area contributed by atoms with Crippen LogP contribution in [0.5, 0.6) is 0 Å². The van der Waals surface area contributed by atoms with E-state index in [1.807, 2.05) is 24.5 Å². The molecule has 0 amide bonds. The van der Waals surface area contributed by atoms with Gasteiger partial charge in [0.05, 0.1) is 22.4 Å². The summed E-state index contributed by atoms with van der Waals surface area (Å²) in [5, 5.41) is 0. The fourth-order valence-electron chi connectivity index (χ4n) is 3.01. The van der Waals surface area contributed by atoms with Crippen LogP contribution in [0, 0.1) is 0 Å². The smallest absolute Gasteiger partial charge is 0.0931 e. The maximum atomic E-state index is 6.15. The Morgan fingerprint density at radius 2 is 2.32 bits per heavy atom. The third-order valence-corrected chi connectivity index (χ3v) is 5.28. The number of nitrogens with one attached hydrogen (secondary N) is 1. The molecule has 4 heterocycles. The normalized spacial score (nSPS) is 18.3. The van der Waals surface area contributed by atoms with E-state index in [-0.39, 0.29) is 6.04 Å². The van der Waals surface area contributed by atoms with Gasteiger partial charge in [0.2, 0.25) is 0 Å². The zero-order chi connectivity index (χ0) is 14.9. The lowest BCUT2D eigenvalue weighted by molar-refractivity contribution is 0.202. The van der Waals surface area contributed by atoms with Crippen molar-refractivity contribution in [3.8, 4) is 0 Å². The largest absolute Gasteiger partial charge is 0.348 e. The third-order valence-electron chi connectivity index (χ3n) is 4.00. The molecular formula is C16H15ClN4S. The van der Waals surface area contributed by atoms with Gasteiger partial charge < -0.3 is 4.98 Å². The van der Waals surface area contributed by atoms with Crippen molar-refractivity contribution in [2.45, 2.75) is 19.0 Å². The van der Waals surface area contributed by atoms with Crippen molar-refractivity contribution in [1.29, 1.82) is 0 Å². The zero-order valence-corrected chi connectivity index (χ0v) is 13.4. The number of pyridine rings is 1. The standard InChI is InChI=1S/C16H15ClN4S/c17-14-4-3-13(22-14)16-15-12(19-10-20-15)5-7-21(16)9-11-2-1-6-18-8-11/h1-4,6,8,10,16H,5,7,9H2,(H,19,20)/t16-/m1/s1. The van der Waals surface area contributed by atoms with E-state index in [0.29, 0.717) is 0 Å². The third kappa shape index (κ3) is 2.56. The summed E-state index contributed by atoms with van der Waals surface area (Å²) in [7, 11) is 0. The summed E-state index contributed by atoms with van der Waals surface area (Å²) in [6.07, 6.45) is 6.52. The second kappa shape index (κ2) is 5.83. The quantitative estimate of drug-likeness (QED) is 0.797. The van der Waals surface area contributed by atoms with Crippen LogP contribution in [0.1, 0.15) is 27.9 Å². The number of halogens is 1. The van der Waals surface area contributed by atoms with Gasteiger partial charge in [0, 0.05) is 42.5 Å². The molecule has 0 unspecified atom stereocenters. The summed E-state index contributed by atoms with van der Waals surface area (Å²) in [5.74, 6) is 0. The topological polar surface area (TPSA) is 44.8 Å². The molecule has 3 aromatic heterocycles. The van der Waals surface area contributed by atoms with Crippen molar-refractivity contribution < 1.29 is 0 Å². The number of thiophene rings is 1. The first-order valence-electron chi connectivity index (χ1n) is 7.21. The van der Waals surface area contributed by atoms with Gasteiger partial charge in [-0.3, -0.25) is 9.88 Å². The Kier molecular flexibility index (Phi) is 3.70. The highest BCUT2D eigenvalue weighted by Gasteiger charge is 2.31. The van der Waals surface area contributed by atoms with Crippen LogP contribution >= 0.6 is 22.9 Å².